The van der Waals surface area contributed by atoms with E-state index in [9.17, 15) is 13.4 Å². The first-order chi connectivity index (χ1) is 12.0. The van der Waals surface area contributed by atoms with E-state index in [-0.39, 0.29) is 11.6 Å². The molecular formula is C16H11BrFN3O3S. The maximum atomic E-state index is 13.2. The Morgan fingerprint density at radius 2 is 2.00 bits per heavy atom. The maximum Gasteiger partial charge on any atom is 0.292 e. The molecule has 0 saturated heterocycles. The van der Waals surface area contributed by atoms with Gasteiger partial charge in [0.25, 0.3) is 5.91 Å². The fourth-order valence-electron chi connectivity index (χ4n) is 2.63. The highest BCUT2D eigenvalue weighted by Crippen LogP contribution is 2.31. The van der Waals surface area contributed by atoms with Crippen molar-refractivity contribution in [1.29, 1.82) is 0 Å². The Kier molecular flexibility index (Phi) is 4.04. The van der Waals surface area contributed by atoms with Gasteiger partial charge in [-0.3, -0.25) is 9.00 Å². The van der Waals surface area contributed by atoms with Gasteiger partial charge in [0.05, 0.1) is 22.9 Å². The summed E-state index contributed by atoms with van der Waals surface area (Å²) in [6, 6.07) is 8.91. The van der Waals surface area contributed by atoms with Gasteiger partial charge in [-0.25, -0.2) is 9.07 Å². The standard InChI is InChI=1S/C16H11BrFN3O3S/c17-14-6-5-13(24-14)16(22)19-15-11-7-25(23)8-12(11)20-21(15)10-3-1-9(18)2-4-10/h1-6H,7-8H2,(H,19,22)/t25-/m0/s1. The van der Waals surface area contributed by atoms with Gasteiger partial charge in [-0.15, -0.1) is 0 Å². The van der Waals surface area contributed by atoms with Gasteiger partial charge in [-0.2, -0.15) is 5.10 Å². The lowest BCUT2D eigenvalue weighted by atomic mass is 10.2. The maximum absolute atomic E-state index is 13.2. The van der Waals surface area contributed by atoms with Crippen molar-refractivity contribution in [1.82, 2.24) is 9.78 Å². The lowest BCUT2D eigenvalue weighted by Gasteiger charge is -2.10. The van der Waals surface area contributed by atoms with E-state index in [2.05, 4.69) is 26.3 Å². The third-order valence-electron chi connectivity index (χ3n) is 3.77. The number of hydrogen-bond acceptors (Lipinski definition) is 4. The Morgan fingerprint density at radius 1 is 1.24 bits per heavy atom. The monoisotopic (exact) mass is 423 g/mol. The van der Waals surface area contributed by atoms with Crippen molar-refractivity contribution in [2.45, 2.75) is 11.5 Å². The number of rotatable bonds is 3. The van der Waals surface area contributed by atoms with Crippen LogP contribution in [0.4, 0.5) is 10.2 Å². The Morgan fingerprint density at radius 3 is 2.68 bits per heavy atom. The third-order valence-corrected chi connectivity index (χ3v) is 5.40. The zero-order valence-corrected chi connectivity index (χ0v) is 15.1. The first-order valence-electron chi connectivity index (χ1n) is 7.29. The van der Waals surface area contributed by atoms with Crippen LogP contribution in [0.25, 0.3) is 5.69 Å². The second-order valence-electron chi connectivity index (χ2n) is 5.45. The molecule has 0 spiro atoms. The number of benzene rings is 1. The number of nitrogens with one attached hydrogen (secondary N) is 1. The number of halogens is 2. The summed E-state index contributed by atoms with van der Waals surface area (Å²) in [4.78, 5) is 12.4. The second kappa shape index (κ2) is 6.23. The molecule has 1 aliphatic rings. The summed E-state index contributed by atoms with van der Waals surface area (Å²) in [7, 11) is -1.04. The number of anilines is 1. The van der Waals surface area contributed by atoms with E-state index < -0.39 is 16.7 Å². The van der Waals surface area contributed by atoms with Crippen LogP contribution in [-0.2, 0) is 22.3 Å². The molecule has 0 unspecified atom stereocenters. The van der Waals surface area contributed by atoms with Crippen molar-refractivity contribution >= 4 is 38.5 Å². The van der Waals surface area contributed by atoms with Crippen LogP contribution in [0.1, 0.15) is 21.8 Å². The molecule has 3 aromatic rings. The summed E-state index contributed by atoms with van der Waals surface area (Å²) in [5.74, 6) is 0.383. The lowest BCUT2D eigenvalue weighted by Crippen LogP contribution is -2.16. The van der Waals surface area contributed by atoms with Gasteiger partial charge in [0, 0.05) is 16.4 Å². The van der Waals surface area contributed by atoms with Crippen molar-refractivity contribution in [3.8, 4) is 5.69 Å². The normalized spacial score (nSPS) is 16.0. The summed E-state index contributed by atoms with van der Waals surface area (Å²) in [5.41, 5.74) is 1.98. The molecule has 2 aromatic heterocycles. The molecular weight excluding hydrogens is 413 g/mol. The van der Waals surface area contributed by atoms with Crippen LogP contribution >= 0.6 is 15.9 Å². The average Bonchev–Trinajstić information content (AvgIpc) is 3.24. The van der Waals surface area contributed by atoms with E-state index in [1.54, 1.807) is 18.2 Å². The molecule has 25 heavy (non-hydrogen) atoms. The first kappa shape index (κ1) is 16.2. The minimum absolute atomic E-state index is 0.131. The summed E-state index contributed by atoms with van der Waals surface area (Å²) in [6.07, 6.45) is 0. The Hall–Kier alpha value is -2.26. The van der Waals surface area contributed by atoms with Crippen LogP contribution in [0.15, 0.2) is 45.5 Å². The fourth-order valence-corrected chi connectivity index (χ4v) is 4.20. The van der Waals surface area contributed by atoms with E-state index in [1.165, 1.54) is 22.9 Å². The van der Waals surface area contributed by atoms with Crippen molar-refractivity contribution < 1.29 is 17.8 Å². The van der Waals surface area contributed by atoms with Gasteiger partial charge in [-0.1, -0.05) is 0 Å². The largest absolute Gasteiger partial charge is 0.444 e. The van der Waals surface area contributed by atoms with Gasteiger partial charge >= 0.3 is 0 Å². The molecule has 9 heteroatoms. The molecule has 3 heterocycles. The number of furan rings is 1. The van der Waals surface area contributed by atoms with Crippen LogP contribution in [-0.4, -0.2) is 19.9 Å². The van der Waals surface area contributed by atoms with E-state index in [1.807, 2.05) is 0 Å². The van der Waals surface area contributed by atoms with E-state index in [0.29, 0.717) is 33.4 Å². The SMILES string of the molecule is O=C(Nc1c2c(nn1-c1ccc(F)cc1)C[S@@](=O)C2)c1ccc(Br)o1. The quantitative estimate of drug-likeness (QED) is 0.700. The van der Waals surface area contributed by atoms with Crippen LogP contribution in [0, 0.1) is 5.82 Å². The summed E-state index contributed by atoms with van der Waals surface area (Å²) in [5, 5.41) is 7.21. The van der Waals surface area contributed by atoms with Gasteiger partial charge in [0.1, 0.15) is 11.6 Å². The summed E-state index contributed by atoms with van der Waals surface area (Å²) < 4.78 is 32.3. The molecule has 0 bridgehead atoms. The molecule has 1 N–H and O–H groups in total. The third kappa shape index (κ3) is 3.05. The Balaban J connectivity index is 1.75. The number of nitrogens with zero attached hydrogens (tertiary/aromatic N) is 2. The second-order valence-corrected chi connectivity index (χ2v) is 7.69. The molecule has 0 saturated carbocycles. The predicted octanol–water partition coefficient (Wildman–Crippen LogP) is 3.38. The zero-order valence-electron chi connectivity index (χ0n) is 12.7. The van der Waals surface area contributed by atoms with E-state index >= 15 is 0 Å². The zero-order chi connectivity index (χ0) is 17.6. The molecule has 1 aromatic carbocycles. The summed E-state index contributed by atoms with van der Waals surface area (Å²) >= 11 is 3.15. The van der Waals surface area contributed by atoms with Crippen molar-refractivity contribution in [2.24, 2.45) is 0 Å². The number of aromatic nitrogens is 2. The number of hydrogen-bond donors (Lipinski definition) is 1. The van der Waals surface area contributed by atoms with Crippen LogP contribution < -0.4 is 5.32 Å². The molecule has 0 aliphatic carbocycles. The van der Waals surface area contributed by atoms with Crippen LogP contribution in [0.5, 0.6) is 0 Å². The van der Waals surface area contributed by atoms with E-state index in [4.69, 9.17) is 4.42 Å². The van der Waals surface area contributed by atoms with Crippen molar-refractivity contribution in [3.63, 3.8) is 0 Å². The minimum atomic E-state index is -1.04. The molecule has 1 amide bonds. The number of amides is 1. The van der Waals surface area contributed by atoms with Crippen molar-refractivity contribution in [3.05, 3.63) is 63.9 Å². The molecule has 1 atom stereocenters. The summed E-state index contributed by atoms with van der Waals surface area (Å²) in [6.45, 7) is 0. The molecule has 4 rings (SSSR count). The average molecular weight is 424 g/mol. The molecule has 0 radical (unpaired) electrons. The Bertz CT molecular complexity index is 997. The van der Waals surface area contributed by atoms with Gasteiger partial charge < -0.3 is 9.73 Å². The van der Waals surface area contributed by atoms with Gasteiger partial charge in [0.15, 0.2) is 10.4 Å². The Labute approximate surface area is 152 Å². The highest BCUT2D eigenvalue weighted by Gasteiger charge is 2.29. The number of carbonyl (C=O) groups excluding carboxylic acids is 1. The van der Waals surface area contributed by atoms with E-state index in [0.717, 1.165) is 5.56 Å². The predicted molar refractivity (Wildman–Crippen MR) is 93.4 cm³/mol. The molecule has 6 nitrogen and oxygen atoms in total. The van der Waals surface area contributed by atoms with Crippen molar-refractivity contribution in [2.75, 3.05) is 5.32 Å². The van der Waals surface area contributed by atoms with Crippen LogP contribution in [0.3, 0.4) is 0 Å². The van der Waals surface area contributed by atoms with Gasteiger partial charge in [0.2, 0.25) is 0 Å². The first-order valence-corrected chi connectivity index (χ1v) is 9.58. The fraction of sp³-hybridized carbons (Fsp3) is 0.125. The topological polar surface area (TPSA) is 77.1 Å². The molecule has 1 aliphatic heterocycles. The lowest BCUT2D eigenvalue weighted by molar-refractivity contribution is 0.0994. The molecule has 0 fully saturated rings. The smallest absolute Gasteiger partial charge is 0.292 e. The number of fused-ring (bicyclic) bond motifs is 1. The number of carbonyl (C=O) groups is 1. The van der Waals surface area contributed by atoms with Gasteiger partial charge in [-0.05, 0) is 52.3 Å². The molecule has 128 valence electrons. The minimum Gasteiger partial charge on any atom is -0.444 e. The highest BCUT2D eigenvalue weighted by molar-refractivity contribution is 9.10. The van der Waals surface area contributed by atoms with Crippen LogP contribution in [0.2, 0.25) is 0 Å². The highest BCUT2D eigenvalue weighted by atomic mass is 79.9.